The fourth-order valence-corrected chi connectivity index (χ4v) is 2.70. The highest BCUT2D eigenvalue weighted by molar-refractivity contribution is 6.42. The predicted molar refractivity (Wildman–Crippen MR) is 74.7 cm³/mol. The fraction of sp³-hybridized carbons (Fsp3) is 0.571. The number of rotatable bonds is 3. The third-order valence-corrected chi connectivity index (χ3v) is 4.33. The van der Waals surface area contributed by atoms with Crippen LogP contribution in [0.5, 0.6) is 0 Å². The zero-order chi connectivity index (χ0) is 12.3. The molecule has 1 aliphatic rings. The van der Waals surface area contributed by atoms with Crippen molar-refractivity contribution >= 4 is 23.2 Å². The van der Waals surface area contributed by atoms with Gasteiger partial charge >= 0.3 is 0 Å². The molecule has 94 valence electrons. The van der Waals surface area contributed by atoms with Gasteiger partial charge in [0.15, 0.2) is 0 Å². The SMILES string of the molecule is CC1CCC(NCc2ccc(Cl)c(Cl)c2)CC1. The van der Waals surface area contributed by atoms with Crippen molar-refractivity contribution < 1.29 is 0 Å². The Morgan fingerprint density at radius 2 is 1.82 bits per heavy atom. The summed E-state index contributed by atoms with van der Waals surface area (Å²) in [4.78, 5) is 0. The van der Waals surface area contributed by atoms with E-state index in [2.05, 4.69) is 12.2 Å². The molecule has 1 aromatic rings. The van der Waals surface area contributed by atoms with Gasteiger partial charge in [0.1, 0.15) is 0 Å². The summed E-state index contributed by atoms with van der Waals surface area (Å²) in [7, 11) is 0. The summed E-state index contributed by atoms with van der Waals surface area (Å²) in [6.45, 7) is 3.23. The van der Waals surface area contributed by atoms with Crippen LogP contribution in [0.15, 0.2) is 18.2 Å². The molecule has 1 N–H and O–H groups in total. The molecule has 1 nitrogen and oxygen atoms in total. The predicted octanol–water partition coefficient (Wildman–Crippen LogP) is 4.66. The molecule has 0 amide bonds. The summed E-state index contributed by atoms with van der Waals surface area (Å²) in [6.07, 6.45) is 5.28. The highest BCUT2D eigenvalue weighted by Crippen LogP contribution is 2.25. The Balaban J connectivity index is 1.83. The van der Waals surface area contributed by atoms with Gasteiger partial charge in [0.25, 0.3) is 0 Å². The molecule has 0 atom stereocenters. The van der Waals surface area contributed by atoms with Gasteiger partial charge in [-0.1, -0.05) is 36.2 Å². The molecule has 3 heteroatoms. The lowest BCUT2D eigenvalue weighted by molar-refractivity contribution is 0.306. The highest BCUT2D eigenvalue weighted by atomic mass is 35.5. The second-order valence-electron chi connectivity index (χ2n) is 5.09. The van der Waals surface area contributed by atoms with Crippen LogP contribution >= 0.6 is 23.2 Å². The van der Waals surface area contributed by atoms with Crippen molar-refractivity contribution in [1.29, 1.82) is 0 Å². The molecule has 0 aliphatic heterocycles. The van der Waals surface area contributed by atoms with Gasteiger partial charge in [-0.3, -0.25) is 0 Å². The molecule has 2 rings (SSSR count). The molecule has 0 radical (unpaired) electrons. The first-order valence-electron chi connectivity index (χ1n) is 6.32. The second-order valence-corrected chi connectivity index (χ2v) is 5.90. The van der Waals surface area contributed by atoms with Gasteiger partial charge in [0.05, 0.1) is 10.0 Å². The molecule has 17 heavy (non-hydrogen) atoms. The Bertz CT molecular complexity index is 370. The molecule has 1 saturated carbocycles. The van der Waals surface area contributed by atoms with E-state index in [4.69, 9.17) is 23.2 Å². The Morgan fingerprint density at radius 1 is 1.12 bits per heavy atom. The van der Waals surface area contributed by atoms with Gasteiger partial charge in [0.2, 0.25) is 0 Å². The monoisotopic (exact) mass is 271 g/mol. The Labute approximate surface area is 114 Å². The Kier molecular flexibility index (Phi) is 4.72. The van der Waals surface area contributed by atoms with Crippen molar-refractivity contribution in [2.24, 2.45) is 5.92 Å². The lowest BCUT2D eigenvalue weighted by Gasteiger charge is -2.27. The van der Waals surface area contributed by atoms with Gasteiger partial charge < -0.3 is 5.32 Å². The average Bonchev–Trinajstić information content (AvgIpc) is 2.33. The van der Waals surface area contributed by atoms with Crippen molar-refractivity contribution in [3.8, 4) is 0 Å². The van der Waals surface area contributed by atoms with Crippen LogP contribution in [0, 0.1) is 5.92 Å². The quantitative estimate of drug-likeness (QED) is 0.843. The van der Waals surface area contributed by atoms with Crippen LogP contribution in [-0.4, -0.2) is 6.04 Å². The number of hydrogen-bond acceptors (Lipinski definition) is 1. The van der Waals surface area contributed by atoms with Crippen LogP contribution < -0.4 is 5.32 Å². The molecule has 0 heterocycles. The van der Waals surface area contributed by atoms with E-state index in [9.17, 15) is 0 Å². The van der Waals surface area contributed by atoms with Gasteiger partial charge in [-0.05, 0) is 49.3 Å². The van der Waals surface area contributed by atoms with Crippen molar-refractivity contribution in [3.63, 3.8) is 0 Å². The maximum absolute atomic E-state index is 5.99. The minimum absolute atomic E-state index is 0.627. The summed E-state index contributed by atoms with van der Waals surface area (Å²) in [5.74, 6) is 0.901. The summed E-state index contributed by atoms with van der Waals surface area (Å²) >= 11 is 11.9. The molecular formula is C14H19Cl2N. The van der Waals surface area contributed by atoms with E-state index >= 15 is 0 Å². The Hall–Kier alpha value is -0.240. The topological polar surface area (TPSA) is 12.0 Å². The molecule has 0 bridgehead atoms. The summed E-state index contributed by atoms with van der Waals surface area (Å²) in [6, 6.07) is 6.51. The third kappa shape index (κ3) is 3.87. The fourth-order valence-electron chi connectivity index (χ4n) is 2.38. The summed E-state index contributed by atoms with van der Waals surface area (Å²) in [5.41, 5.74) is 1.21. The maximum atomic E-state index is 5.99. The molecule has 0 spiro atoms. The van der Waals surface area contributed by atoms with Gasteiger partial charge in [0, 0.05) is 12.6 Å². The standard InChI is InChI=1S/C14H19Cl2N/c1-10-2-5-12(6-3-10)17-9-11-4-7-13(15)14(16)8-11/h4,7-8,10,12,17H,2-3,5-6,9H2,1H3. The van der Waals surface area contributed by atoms with Crippen molar-refractivity contribution in [2.75, 3.05) is 0 Å². The molecular weight excluding hydrogens is 253 g/mol. The van der Waals surface area contributed by atoms with Crippen LogP contribution in [0.2, 0.25) is 10.0 Å². The smallest absolute Gasteiger partial charge is 0.0595 e. The number of benzene rings is 1. The first-order chi connectivity index (χ1) is 8.15. The third-order valence-electron chi connectivity index (χ3n) is 3.59. The second kappa shape index (κ2) is 6.08. The van der Waals surface area contributed by atoms with E-state index in [0.29, 0.717) is 16.1 Å². The lowest BCUT2D eigenvalue weighted by atomic mass is 9.87. The lowest BCUT2D eigenvalue weighted by Crippen LogP contribution is -2.32. The minimum Gasteiger partial charge on any atom is -0.310 e. The van der Waals surface area contributed by atoms with Crippen LogP contribution in [0.25, 0.3) is 0 Å². The van der Waals surface area contributed by atoms with Crippen molar-refractivity contribution in [2.45, 2.75) is 45.2 Å². The minimum atomic E-state index is 0.627. The van der Waals surface area contributed by atoms with E-state index in [1.807, 2.05) is 18.2 Å². The van der Waals surface area contributed by atoms with Gasteiger partial charge in [-0.25, -0.2) is 0 Å². The van der Waals surface area contributed by atoms with E-state index in [0.717, 1.165) is 12.5 Å². The van der Waals surface area contributed by atoms with E-state index in [1.54, 1.807) is 0 Å². The zero-order valence-corrected chi connectivity index (χ0v) is 11.7. The van der Waals surface area contributed by atoms with E-state index in [1.165, 1.54) is 31.2 Å². The van der Waals surface area contributed by atoms with E-state index < -0.39 is 0 Å². The average molecular weight is 272 g/mol. The Morgan fingerprint density at radius 3 is 2.47 bits per heavy atom. The van der Waals surface area contributed by atoms with Gasteiger partial charge in [-0.2, -0.15) is 0 Å². The van der Waals surface area contributed by atoms with Crippen molar-refractivity contribution in [1.82, 2.24) is 5.32 Å². The van der Waals surface area contributed by atoms with Crippen LogP contribution in [0.4, 0.5) is 0 Å². The van der Waals surface area contributed by atoms with Crippen LogP contribution in [0.3, 0.4) is 0 Å². The highest BCUT2D eigenvalue weighted by Gasteiger charge is 2.17. The maximum Gasteiger partial charge on any atom is 0.0595 e. The summed E-state index contributed by atoms with van der Waals surface area (Å²) in [5, 5.41) is 4.87. The molecule has 0 unspecified atom stereocenters. The molecule has 1 aliphatic carbocycles. The number of halogens is 2. The van der Waals surface area contributed by atoms with Gasteiger partial charge in [-0.15, -0.1) is 0 Å². The molecule has 1 aromatic carbocycles. The van der Waals surface area contributed by atoms with Crippen molar-refractivity contribution in [3.05, 3.63) is 33.8 Å². The number of nitrogens with one attached hydrogen (secondary N) is 1. The zero-order valence-electron chi connectivity index (χ0n) is 10.2. The first kappa shape index (κ1) is 13.2. The first-order valence-corrected chi connectivity index (χ1v) is 7.08. The molecule has 0 saturated heterocycles. The summed E-state index contributed by atoms with van der Waals surface area (Å²) < 4.78 is 0. The van der Waals surface area contributed by atoms with E-state index in [-0.39, 0.29) is 0 Å². The molecule has 1 fully saturated rings. The largest absolute Gasteiger partial charge is 0.310 e. The molecule has 0 aromatic heterocycles. The number of hydrogen-bond donors (Lipinski definition) is 1. The van der Waals surface area contributed by atoms with Crippen LogP contribution in [0.1, 0.15) is 38.2 Å². The van der Waals surface area contributed by atoms with Crippen LogP contribution in [-0.2, 0) is 6.54 Å². The normalized spacial score (nSPS) is 24.9.